The number of likely N-dealkylation sites (tertiary alicyclic amines) is 1. The molecule has 0 saturated carbocycles. The first-order chi connectivity index (χ1) is 11.7. The van der Waals surface area contributed by atoms with Crippen molar-refractivity contribution in [1.29, 1.82) is 0 Å². The summed E-state index contributed by atoms with van der Waals surface area (Å²) in [5, 5.41) is 20.1. The third kappa shape index (κ3) is 4.14. The molecule has 0 aliphatic carbocycles. The van der Waals surface area contributed by atoms with Crippen molar-refractivity contribution in [2.24, 2.45) is 7.05 Å². The van der Waals surface area contributed by atoms with Crippen molar-refractivity contribution in [1.82, 2.24) is 24.6 Å². The molecule has 1 aliphatic rings. The minimum atomic E-state index is 0.184. The number of hydrogen-bond acceptors (Lipinski definition) is 7. The van der Waals surface area contributed by atoms with Gasteiger partial charge in [0.15, 0.2) is 5.82 Å². The van der Waals surface area contributed by atoms with Crippen molar-refractivity contribution in [2.75, 3.05) is 36.9 Å². The van der Waals surface area contributed by atoms with Gasteiger partial charge in [-0.2, -0.15) is 10.1 Å². The number of aliphatic hydroxyl groups is 1. The van der Waals surface area contributed by atoms with Crippen LogP contribution >= 0.6 is 11.6 Å². The third-order valence-corrected chi connectivity index (χ3v) is 4.37. The molecule has 0 spiro atoms. The summed E-state index contributed by atoms with van der Waals surface area (Å²) in [6.07, 6.45) is 7.39. The summed E-state index contributed by atoms with van der Waals surface area (Å²) in [5.74, 6) is 1.07. The summed E-state index contributed by atoms with van der Waals surface area (Å²) in [5.41, 5.74) is 0.815. The highest BCUT2D eigenvalue weighted by atomic mass is 35.5. The van der Waals surface area contributed by atoms with E-state index in [1.807, 2.05) is 13.2 Å². The van der Waals surface area contributed by atoms with Gasteiger partial charge in [-0.1, -0.05) is 11.6 Å². The predicted molar refractivity (Wildman–Crippen MR) is 93.7 cm³/mol. The van der Waals surface area contributed by atoms with Gasteiger partial charge in [0, 0.05) is 32.4 Å². The van der Waals surface area contributed by atoms with Crippen LogP contribution in [0.5, 0.6) is 0 Å². The molecule has 24 heavy (non-hydrogen) atoms. The van der Waals surface area contributed by atoms with E-state index in [1.165, 1.54) is 0 Å². The van der Waals surface area contributed by atoms with E-state index in [4.69, 9.17) is 16.7 Å². The molecule has 1 fully saturated rings. The molecule has 1 atom stereocenters. The number of anilines is 3. The molecule has 0 radical (unpaired) electrons. The summed E-state index contributed by atoms with van der Waals surface area (Å²) < 4.78 is 1.70. The molecular formula is C15H22ClN7O. The highest BCUT2D eigenvalue weighted by Crippen LogP contribution is 2.23. The van der Waals surface area contributed by atoms with E-state index < -0.39 is 0 Å². The first kappa shape index (κ1) is 16.9. The fourth-order valence-corrected chi connectivity index (χ4v) is 3.09. The number of rotatable bonds is 7. The zero-order valence-corrected chi connectivity index (χ0v) is 14.4. The fraction of sp³-hybridized carbons (Fsp3) is 0.533. The average Bonchev–Trinajstić information content (AvgIpc) is 3.17. The van der Waals surface area contributed by atoms with E-state index in [9.17, 15) is 0 Å². The fourth-order valence-electron chi connectivity index (χ4n) is 2.93. The summed E-state index contributed by atoms with van der Waals surface area (Å²) in [6, 6.07) is 0.387. The van der Waals surface area contributed by atoms with Crippen molar-refractivity contribution in [3.05, 3.63) is 23.6 Å². The molecule has 2 aromatic rings. The van der Waals surface area contributed by atoms with Gasteiger partial charge in [-0.3, -0.25) is 9.58 Å². The largest absolute Gasteiger partial charge is 0.395 e. The topological polar surface area (TPSA) is 91.1 Å². The van der Waals surface area contributed by atoms with Gasteiger partial charge in [-0.15, -0.1) is 0 Å². The van der Waals surface area contributed by atoms with Crippen molar-refractivity contribution in [3.63, 3.8) is 0 Å². The lowest BCUT2D eigenvalue weighted by Gasteiger charge is -2.24. The van der Waals surface area contributed by atoms with Crippen molar-refractivity contribution >= 4 is 29.1 Å². The molecule has 1 saturated heterocycles. The Morgan fingerprint density at radius 1 is 1.42 bits per heavy atom. The maximum absolute atomic E-state index is 9.13. The molecule has 0 bridgehead atoms. The minimum absolute atomic E-state index is 0.184. The lowest BCUT2D eigenvalue weighted by atomic mass is 10.2. The maximum Gasteiger partial charge on any atom is 0.229 e. The zero-order valence-electron chi connectivity index (χ0n) is 13.6. The van der Waals surface area contributed by atoms with Crippen LogP contribution < -0.4 is 10.6 Å². The summed E-state index contributed by atoms with van der Waals surface area (Å²) >= 11 is 6.20. The van der Waals surface area contributed by atoms with Crippen LogP contribution in [0.4, 0.5) is 17.5 Å². The van der Waals surface area contributed by atoms with Gasteiger partial charge >= 0.3 is 0 Å². The van der Waals surface area contributed by atoms with Crippen molar-refractivity contribution in [3.8, 4) is 0 Å². The molecule has 2 aromatic heterocycles. The molecule has 0 amide bonds. The number of β-amino-alcohol motifs (C(OH)–C–C–N with tert-alkyl or cyclic N) is 1. The lowest BCUT2D eigenvalue weighted by molar-refractivity contribution is 0.189. The second-order valence-corrected chi connectivity index (χ2v) is 6.26. The summed E-state index contributed by atoms with van der Waals surface area (Å²) in [4.78, 5) is 10.9. The predicted octanol–water partition coefficient (Wildman–Crippen LogP) is 1.48. The number of nitrogens with zero attached hydrogens (tertiary/aromatic N) is 5. The van der Waals surface area contributed by atoms with Crippen molar-refractivity contribution in [2.45, 2.75) is 18.9 Å². The first-order valence-electron chi connectivity index (χ1n) is 8.02. The molecule has 8 nitrogen and oxygen atoms in total. The Kier molecular flexibility index (Phi) is 5.49. The third-order valence-electron chi connectivity index (χ3n) is 4.10. The Labute approximate surface area is 145 Å². The number of nitrogens with one attached hydrogen (secondary N) is 2. The van der Waals surface area contributed by atoms with E-state index >= 15 is 0 Å². The van der Waals surface area contributed by atoms with E-state index in [0.717, 1.165) is 31.6 Å². The molecular weight excluding hydrogens is 330 g/mol. The number of hydrogen-bond donors (Lipinski definition) is 3. The van der Waals surface area contributed by atoms with Gasteiger partial charge in [-0.05, 0) is 19.4 Å². The van der Waals surface area contributed by atoms with Crippen LogP contribution in [-0.4, -0.2) is 62.0 Å². The number of aliphatic hydroxyl groups excluding tert-OH is 1. The Morgan fingerprint density at radius 3 is 3.04 bits per heavy atom. The van der Waals surface area contributed by atoms with E-state index in [1.54, 1.807) is 17.1 Å². The van der Waals surface area contributed by atoms with Gasteiger partial charge in [0.05, 0.1) is 24.7 Å². The number of aromatic nitrogens is 4. The molecule has 130 valence electrons. The maximum atomic E-state index is 9.13. The Bertz CT molecular complexity index is 678. The van der Waals surface area contributed by atoms with Crippen LogP contribution in [0.25, 0.3) is 0 Å². The van der Waals surface area contributed by atoms with Crippen LogP contribution in [0.3, 0.4) is 0 Å². The minimum Gasteiger partial charge on any atom is -0.395 e. The highest BCUT2D eigenvalue weighted by molar-refractivity contribution is 6.32. The Balaban J connectivity index is 1.63. The highest BCUT2D eigenvalue weighted by Gasteiger charge is 2.23. The van der Waals surface area contributed by atoms with E-state index in [-0.39, 0.29) is 6.61 Å². The smallest absolute Gasteiger partial charge is 0.229 e. The molecule has 1 aliphatic heterocycles. The number of halogens is 1. The monoisotopic (exact) mass is 351 g/mol. The zero-order chi connectivity index (χ0) is 16.9. The summed E-state index contributed by atoms with van der Waals surface area (Å²) in [6.45, 7) is 2.66. The Hall–Kier alpha value is -1.90. The molecule has 3 rings (SSSR count). The quantitative estimate of drug-likeness (QED) is 0.695. The number of aryl methyl sites for hydroxylation is 1. The molecule has 3 N–H and O–H groups in total. The van der Waals surface area contributed by atoms with Gasteiger partial charge in [0.25, 0.3) is 0 Å². The van der Waals surface area contributed by atoms with Gasteiger partial charge in [0.1, 0.15) is 5.02 Å². The van der Waals surface area contributed by atoms with Crippen LogP contribution in [0.1, 0.15) is 12.8 Å². The van der Waals surface area contributed by atoms with Crippen molar-refractivity contribution < 1.29 is 5.11 Å². The molecule has 9 heteroatoms. The van der Waals surface area contributed by atoms with E-state index in [2.05, 4.69) is 30.6 Å². The van der Waals surface area contributed by atoms with Gasteiger partial charge < -0.3 is 15.7 Å². The first-order valence-corrected chi connectivity index (χ1v) is 8.40. The average molecular weight is 352 g/mol. The molecule has 3 heterocycles. The summed E-state index contributed by atoms with van der Waals surface area (Å²) in [7, 11) is 1.85. The SMILES string of the molecule is Cn1cc(Nc2ncc(Cl)c(NCC3CCCN3CCO)n2)cn1. The van der Waals surface area contributed by atoms with Crippen LogP contribution in [-0.2, 0) is 7.05 Å². The second kappa shape index (κ2) is 7.78. The molecule has 0 aromatic carbocycles. The van der Waals surface area contributed by atoms with E-state index in [0.29, 0.717) is 29.4 Å². The van der Waals surface area contributed by atoms with Crippen LogP contribution in [0.2, 0.25) is 5.02 Å². The normalized spacial score (nSPS) is 18.0. The Morgan fingerprint density at radius 2 is 2.29 bits per heavy atom. The van der Waals surface area contributed by atoms with Gasteiger partial charge in [-0.25, -0.2) is 4.98 Å². The van der Waals surface area contributed by atoms with Crippen LogP contribution in [0, 0.1) is 0 Å². The standard InChI is InChI=1S/C15H22ClN7O/c1-22-10-11(7-19-22)20-15-18-9-13(16)14(21-15)17-8-12-3-2-4-23(12)5-6-24/h7,9-10,12,24H,2-6,8H2,1H3,(H2,17,18,20,21). The van der Waals surface area contributed by atoms with Gasteiger partial charge in [0.2, 0.25) is 5.95 Å². The van der Waals surface area contributed by atoms with Crippen LogP contribution in [0.15, 0.2) is 18.6 Å². The second-order valence-electron chi connectivity index (χ2n) is 5.85. The lowest BCUT2D eigenvalue weighted by Crippen LogP contribution is -2.36. The molecule has 1 unspecified atom stereocenters.